The predicted molar refractivity (Wildman–Crippen MR) is 124 cm³/mol. The van der Waals surface area contributed by atoms with Gasteiger partial charge in [0.1, 0.15) is 5.75 Å². The Morgan fingerprint density at radius 2 is 1.62 bits per heavy atom. The number of benzene rings is 2. The monoisotopic (exact) mass is 476 g/mol. The summed E-state index contributed by atoms with van der Waals surface area (Å²) in [5.74, 6) is -0.242. The lowest BCUT2D eigenvalue weighted by molar-refractivity contribution is -0.274. The number of ether oxygens (including phenoxy) is 1. The van der Waals surface area contributed by atoms with Gasteiger partial charge in [-0.15, -0.1) is 13.2 Å². The Morgan fingerprint density at radius 3 is 2.18 bits per heavy atom. The van der Waals surface area contributed by atoms with E-state index in [4.69, 9.17) is 0 Å². The number of amides is 1. The molecule has 8 heteroatoms. The molecule has 0 spiro atoms. The van der Waals surface area contributed by atoms with Crippen LogP contribution in [0.1, 0.15) is 47.2 Å². The van der Waals surface area contributed by atoms with Gasteiger partial charge in [-0.3, -0.25) is 9.69 Å². The molecule has 0 bridgehead atoms. The van der Waals surface area contributed by atoms with Crippen LogP contribution in [0.15, 0.2) is 36.4 Å². The van der Waals surface area contributed by atoms with Gasteiger partial charge in [0.15, 0.2) is 0 Å². The number of carbonyl (C=O) groups excluding carboxylic acids is 1. The maximum absolute atomic E-state index is 13.4. The van der Waals surface area contributed by atoms with Gasteiger partial charge in [0.2, 0.25) is 0 Å². The molecule has 2 heterocycles. The quantitative estimate of drug-likeness (QED) is 0.665. The van der Waals surface area contributed by atoms with Gasteiger partial charge in [0, 0.05) is 30.7 Å². The Bertz CT molecular complexity index is 992. The molecule has 2 aliphatic heterocycles. The van der Waals surface area contributed by atoms with Crippen molar-refractivity contribution < 1.29 is 27.8 Å². The molecule has 0 unspecified atom stereocenters. The zero-order valence-corrected chi connectivity index (χ0v) is 19.6. The molecule has 1 N–H and O–H groups in total. The van der Waals surface area contributed by atoms with E-state index in [1.54, 1.807) is 12.1 Å². The third-order valence-electron chi connectivity index (χ3n) is 7.02. The Kier molecular flexibility index (Phi) is 7.19. The van der Waals surface area contributed by atoms with Crippen LogP contribution in [-0.2, 0) is 0 Å². The number of nitrogens with zero attached hydrogens (tertiary/aromatic N) is 2. The molecule has 0 radical (unpaired) electrons. The predicted octanol–water partition coefficient (Wildman–Crippen LogP) is 4.93. The summed E-state index contributed by atoms with van der Waals surface area (Å²) in [6.07, 6.45) is -0.749. The fraction of sp³-hybridized carbons (Fsp3) is 0.500. The fourth-order valence-electron chi connectivity index (χ4n) is 5.41. The number of halogens is 3. The Morgan fingerprint density at radius 1 is 1.00 bits per heavy atom. The van der Waals surface area contributed by atoms with Crippen molar-refractivity contribution in [1.82, 2.24) is 9.80 Å². The van der Waals surface area contributed by atoms with Gasteiger partial charge in [0.25, 0.3) is 5.91 Å². The number of carbonyl (C=O) groups is 1. The standard InChI is InChI=1S/C26H31F3N2O3/c1-17-14-20(19-5-7-23(8-6-19)34-26(27,28)29)15-18(2)24(17)25(33)30-12-9-21(10-13-30)31-11-3-4-22(31)16-32/h5-8,14-15,21-22,32H,3-4,9-13,16H2,1-2H3/t22-/m0/s1. The van der Waals surface area contributed by atoms with E-state index in [2.05, 4.69) is 9.64 Å². The van der Waals surface area contributed by atoms with Crippen molar-refractivity contribution in [2.24, 2.45) is 0 Å². The molecule has 5 nitrogen and oxygen atoms in total. The lowest BCUT2D eigenvalue weighted by Gasteiger charge is -2.39. The first-order valence-electron chi connectivity index (χ1n) is 11.8. The molecule has 0 aliphatic carbocycles. The minimum Gasteiger partial charge on any atom is -0.406 e. The van der Waals surface area contributed by atoms with Crippen LogP contribution >= 0.6 is 0 Å². The summed E-state index contributed by atoms with van der Waals surface area (Å²) in [5, 5.41) is 9.62. The van der Waals surface area contributed by atoms with Crippen molar-refractivity contribution in [3.63, 3.8) is 0 Å². The zero-order chi connectivity index (χ0) is 24.5. The number of aliphatic hydroxyl groups is 1. The first-order valence-corrected chi connectivity index (χ1v) is 11.8. The van der Waals surface area contributed by atoms with Crippen molar-refractivity contribution in [2.45, 2.75) is 58.0 Å². The fourth-order valence-corrected chi connectivity index (χ4v) is 5.41. The highest BCUT2D eigenvalue weighted by Crippen LogP contribution is 2.31. The number of hydrogen-bond acceptors (Lipinski definition) is 4. The van der Waals surface area contributed by atoms with Gasteiger partial charge in [0.05, 0.1) is 6.61 Å². The maximum atomic E-state index is 13.4. The van der Waals surface area contributed by atoms with E-state index >= 15 is 0 Å². The van der Waals surface area contributed by atoms with E-state index in [9.17, 15) is 23.1 Å². The minimum atomic E-state index is -4.72. The summed E-state index contributed by atoms with van der Waals surface area (Å²) in [6, 6.07) is 10.2. The molecule has 2 saturated heterocycles. The molecule has 1 amide bonds. The number of hydrogen-bond donors (Lipinski definition) is 1. The summed E-state index contributed by atoms with van der Waals surface area (Å²) in [7, 11) is 0. The number of likely N-dealkylation sites (tertiary alicyclic amines) is 2. The van der Waals surface area contributed by atoms with Crippen LogP contribution in [0.4, 0.5) is 13.2 Å². The highest BCUT2D eigenvalue weighted by molar-refractivity contribution is 5.98. The normalized spacial score (nSPS) is 20.1. The van der Waals surface area contributed by atoms with E-state index in [1.807, 2.05) is 30.9 Å². The largest absolute Gasteiger partial charge is 0.573 e. The Balaban J connectivity index is 1.44. The topological polar surface area (TPSA) is 53.0 Å². The number of aliphatic hydroxyl groups excluding tert-OH is 1. The highest BCUT2D eigenvalue weighted by Gasteiger charge is 2.34. The third-order valence-corrected chi connectivity index (χ3v) is 7.02. The first-order chi connectivity index (χ1) is 16.2. The van der Waals surface area contributed by atoms with Gasteiger partial charge < -0.3 is 14.7 Å². The molecular formula is C26H31F3N2O3. The molecule has 0 saturated carbocycles. The summed E-state index contributed by atoms with van der Waals surface area (Å²) in [4.78, 5) is 17.7. The van der Waals surface area contributed by atoms with Gasteiger partial charge >= 0.3 is 6.36 Å². The van der Waals surface area contributed by atoms with Crippen molar-refractivity contribution >= 4 is 5.91 Å². The van der Waals surface area contributed by atoms with Crippen molar-refractivity contribution in [3.8, 4) is 16.9 Å². The molecule has 2 aliphatic rings. The minimum absolute atomic E-state index is 0.0223. The van der Waals surface area contributed by atoms with Crippen molar-refractivity contribution in [3.05, 3.63) is 53.1 Å². The van der Waals surface area contributed by atoms with E-state index in [0.717, 1.165) is 54.5 Å². The number of piperidine rings is 1. The second-order valence-electron chi connectivity index (χ2n) is 9.30. The molecule has 184 valence electrons. The summed E-state index contributed by atoms with van der Waals surface area (Å²) >= 11 is 0. The van der Waals surface area contributed by atoms with Crippen LogP contribution in [0, 0.1) is 13.8 Å². The van der Waals surface area contributed by atoms with Crippen LogP contribution in [0.5, 0.6) is 5.75 Å². The average molecular weight is 477 g/mol. The SMILES string of the molecule is Cc1cc(-c2ccc(OC(F)(F)F)cc2)cc(C)c1C(=O)N1CCC(N2CCC[C@H]2CO)CC1. The molecule has 2 aromatic rings. The number of aryl methyl sites for hydroxylation is 2. The molecule has 4 rings (SSSR count). The average Bonchev–Trinajstić information content (AvgIpc) is 3.27. The molecular weight excluding hydrogens is 445 g/mol. The van der Waals surface area contributed by atoms with Crippen LogP contribution < -0.4 is 4.74 Å². The van der Waals surface area contributed by atoms with Gasteiger partial charge in [-0.05, 0) is 80.5 Å². The zero-order valence-electron chi connectivity index (χ0n) is 19.6. The van der Waals surface area contributed by atoms with Crippen LogP contribution in [0.2, 0.25) is 0 Å². The number of rotatable bonds is 5. The molecule has 34 heavy (non-hydrogen) atoms. The molecule has 0 aromatic heterocycles. The third kappa shape index (κ3) is 5.39. The van der Waals surface area contributed by atoms with E-state index in [0.29, 0.717) is 24.7 Å². The molecule has 1 atom stereocenters. The van der Waals surface area contributed by atoms with Crippen LogP contribution in [0.3, 0.4) is 0 Å². The second-order valence-corrected chi connectivity index (χ2v) is 9.30. The smallest absolute Gasteiger partial charge is 0.406 e. The van der Waals surface area contributed by atoms with Gasteiger partial charge in [-0.25, -0.2) is 0 Å². The van der Waals surface area contributed by atoms with Gasteiger partial charge in [-0.1, -0.05) is 24.3 Å². The van der Waals surface area contributed by atoms with E-state index in [1.165, 1.54) is 12.1 Å². The Labute approximate surface area is 198 Å². The van der Waals surface area contributed by atoms with Gasteiger partial charge in [-0.2, -0.15) is 0 Å². The first kappa shape index (κ1) is 24.5. The van der Waals surface area contributed by atoms with E-state index in [-0.39, 0.29) is 24.3 Å². The lowest BCUT2D eigenvalue weighted by atomic mass is 9.94. The van der Waals surface area contributed by atoms with Crippen LogP contribution in [-0.4, -0.2) is 65.5 Å². The lowest BCUT2D eigenvalue weighted by Crippen LogP contribution is -2.49. The van der Waals surface area contributed by atoms with Crippen LogP contribution in [0.25, 0.3) is 11.1 Å². The second kappa shape index (κ2) is 9.96. The number of alkyl halides is 3. The van der Waals surface area contributed by atoms with Crippen molar-refractivity contribution in [2.75, 3.05) is 26.2 Å². The Hall–Kier alpha value is -2.58. The maximum Gasteiger partial charge on any atom is 0.573 e. The summed E-state index contributed by atoms with van der Waals surface area (Å²) < 4.78 is 41.2. The van der Waals surface area contributed by atoms with E-state index < -0.39 is 6.36 Å². The summed E-state index contributed by atoms with van der Waals surface area (Å²) in [6.45, 7) is 6.40. The van der Waals surface area contributed by atoms with Crippen molar-refractivity contribution in [1.29, 1.82) is 0 Å². The molecule has 2 fully saturated rings. The molecule has 2 aromatic carbocycles. The highest BCUT2D eigenvalue weighted by atomic mass is 19.4. The summed E-state index contributed by atoms with van der Waals surface area (Å²) in [5.41, 5.74) is 3.97.